The van der Waals surface area contributed by atoms with Gasteiger partial charge in [-0.15, -0.1) is 0 Å². The summed E-state index contributed by atoms with van der Waals surface area (Å²) in [5.41, 5.74) is 7.34. The van der Waals surface area contributed by atoms with Gasteiger partial charge in [-0.3, -0.25) is 0 Å². The van der Waals surface area contributed by atoms with Crippen molar-refractivity contribution in [3.05, 3.63) is 134 Å². The number of nitrogens with zero attached hydrogens (tertiary/aromatic N) is 4. The van der Waals surface area contributed by atoms with E-state index >= 15 is 0 Å². The third kappa shape index (κ3) is 3.68. The van der Waals surface area contributed by atoms with Crippen LogP contribution in [0.4, 0.5) is 0 Å². The number of H-pyrrole nitrogens is 1. The number of benzene rings is 5. The lowest BCUT2D eigenvalue weighted by Gasteiger charge is -2.10. The molecule has 3 aromatic heterocycles. The van der Waals surface area contributed by atoms with E-state index in [1.165, 1.54) is 16.2 Å². The van der Waals surface area contributed by atoms with Gasteiger partial charge in [-0.1, -0.05) is 97.1 Å². The number of para-hydroxylation sites is 1. The molecule has 188 valence electrons. The fourth-order valence-electron chi connectivity index (χ4n) is 5.50. The van der Waals surface area contributed by atoms with Gasteiger partial charge >= 0.3 is 0 Å². The van der Waals surface area contributed by atoms with Gasteiger partial charge in [0, 0.05) is 50.2 Å². The van der Waals surface area contributed by atoms with Gasteiger partial charge in [0.25, 0.3) is 0 Å². The molecular formula is C35H23N5. The van der Waals surface area contributed by atoms with E-state index in [0.717, 1.165) is 38.9 Å². The number of hydrogen-bond donors (Lipinski definition) is 1. The molecule has 0 spiro atoms. The average Bonchev–Trinajstić information content (AvgIpc) is 3.64. The van der Waals surface area contributed by atoms with Crippen LogP contribution in [-0.4, -0.2) is 24.5 Å². The molecule has 0 radical (unpaired) electrons. The summed E-state index contributed by atoms with van der Waals surface area (Å²) in [4.78, 5) is 18.3. The second-order valence-corrected chi connectivity index (χ2v) is 9.87. The maximum Gasteiger partial charge on any atom is 0.164 e. The van der Waals surface area contributed by atoms with Gasteiger partial charge in [-0.25, -0.2) is 15.0 Å². The van der Waals surface area contributed by atoms with Gasteiger partial charge in [0.05, 0.1) is 11.0 Å². The first-order chi connectivity index (χ1) is 19.8. The van der Waals surface area contributed by atoms with E-state index in [1.54, 1.807) is 0 Å². The Kier molecular flexibility index (Phi) is 5.07. The summed E-state index contributed by atoms with van der Waals surface area (Å²) in [5.74, 6) is 1.95. The summed E-state index contributed by atoms with van der Waals surface area (Å²) >= 11 is 0. The number of hydrogen-bond acceptors (Lipinski definition) is 3. The molecule has 5 heteroatoms. The molecule has 1 N–H and O–H groups in total. The van der Waals surface area contributed by atoms with Gasteiger partial charge in [-0.05, 0) is 30.3 Å². The standard InChI is InChI=1S/C35H23N5/c1-3-10-23(11-4-1)33-37-34(24-12-5-2-6-13-24)39-35(38-33)25-14-9-15-26(22-25)40-21-20-29-31(40)19-18-28-27-16-7-8-17-30(27)36-32(28)29/h1-22,36H. The SMILES string of the molecule is c1ccc(-c2nc(-c3ccccc3)nc(-c3cccc(-n4ccc5c6[nH]c7ccccc7c6ccc54)c3)n2)cc1. The molecule has 0 bridgehead atoms. The zero-order valence-electron chi connectivity index (χ0n) is 21.5. The van der Waals surface area contributed by atoms with Crippen LogP contribution in [0.5, 0.6) is 0 Å². The Bertz CT molecular complexity index is 2100. The van der Waals surface area contributed by atoms with Crippen molar-refractivity contribution >= 4 is 32.7 Å². The largest absolute Gasteiger partial charge is 0.354 e. The Morgan fingerprint density at radius 1 is 0.475 bits per heavy atom. The number of rotatable bonds is 4. The van der Waals surface area contributed by atoms with Crippen molar-refractivity contribution in [1.29, 1.82) is 0 Å². The fraction of sp³-hybridized carbons (Fsp3) is 0. The minimum absolute atomic E-state index is 0.643. The number of nitrogens with one attached hydrogen (secondary N) is 1. The van der Waals surface area contributed by atoms with E-state index in [-0.39, 0.29) is 0 Å². The molecule has 0 fully saturated rings. The number of fused-ring (bicyclic) bond motifs is 5. The third-order valence-corrected chi connectivity index (χ3v) is 7.43. The van der Waals surface area contributed by atoms with Crippen molar-refractivity contribution in [1.82, 2.24) is 24.5 Å². The molecule has 0 aliphatic carbocycles. The van der Waals surface area contributed by atoms with Crippen molar-refractivity contribution in [3.63, 3.8) is 0 Å². The monoisotopic (exact) mass is 513 g/mol. The second-order valence-electron chi connectivity index (χ2n) is 9.87. The molecule has 0 saturated heterocycles. The van der Waals surface area contributed by atoms with Crippen LogP contribution in [0.15, 0.2) is 134 Å². The van der Waals surface area contributed by atoms with E-state index in [2.05, 4.69) is 82.5 Å². The van der Waals surface area contributed by atoms with E-state index in [0.29, 0.717) is 17.5 Å². The zero-order valence-corrected chi connectivity index (χ0v) is 21.5. The molecule has 0 aliphatic rings. The molecule has 3 heterocycles. The van der Waals surface area contributed by atoms with Crippen LogP contribution in [0.3, 0.4) is 0 Å². The molecular weight excluding hydrogens is 490 g/mol. The van der Waals surface area contributed by atoms with Crippen LogP contribution in [0.2, 0.25) is 0 Å². The van der Waals surface area contributed by atoms with Crippen molar-refractivity contribution < 1.29 is 0 Å². The Hall–Kier alpha value is -5.55. The smallest absolute Gasteiger partial charge is 0.164 e. The normalized spacial score (nSPS) is 11.5. The first-order valence-corrected chi connectivity index (χ1v) is 13.3. The molecule has 0 aliphatic heterocycles. The second kappa shape index (κ2) is 9.03. The topological polar surface area (TPSA) is 59.4 Å². The Morgan fingerprint density at radius 2 is 1.10 bits per heavy atom. The summed E-state index contributed by atoms with van der Waals surface area (Å²) in [6.45, 7) is 0. The van der Waals surface area contributed by atoms with E-state index in [4.69, 9.17) is 15.0 Å². The molecule has 0 amide bonds. The fourth-order valence-corrected chi connectivity index (χ4v) is 5.50. The highest BCUT2D eigenvalue weighted by molar-refractivity contribution is 6.16. The maximum atomic E-state index is 4.91. The van der Waals surface area contributed by atoms with Crippen molar-refractivity contribution in [3.8, 4) is 39.9 Å². The van der Waals surface area contributed by atoms with Gasteiger partial charge in [0.1, 0.15) is 0 Å². The molecule has 8 rings (SSSR count). The summed E-state index contributed by atoms with van der Waals surface area (Å²) in [5, 5.41) is 3.67. The lowest BCUT2D eigenvalue weighted by atomic mass is 10.1. The molecule has 0 saturated carbocycles. The van der Waals surface area contributed by atoms with Crippen LogP contribution in [-0.2, 0) is 0 Å². The van der Waals surface area contributed by atoms with E-state index in [9.17, 15) is 0 Å². The third-order valence-electron chi connectivity index (χ3n) is 7.43. The van der Waals surface area contributed by atoms with Crippen LogP contribution in [0.25, 0.3) is 72.6 Å². The van der Waals surface area contributed by atoms with Crippen molar-refractivity contribution in [2.75, 3.05) is 0 Å². The van der Waals surface area contributed by atoms with Crippen LogP contribution in [0.1, 0.15) is 0 Å². The van der Waals surface area contributed by atoms with Gasteiger partial charge in [-0.2, -0.15) is 0 Å². The van der Waals surface area contributed by atoms with Crippen LogP contribution < -0.4 is 0 Å². The number of aromatic nitrogens is 5. The van der Waals surface area contributed by atoms with Gasteiger partial charge in [0.2, 0.25) is 0 Å². The van der Waals surface area contributed by atoms with Gasteiger partial charge < -0.3 is 9.55 Å². The summed E-state index contributed by atoms with van der Waals surface area (Å²) < 4.78 is 2.22. The van der Waals surface area contributed by atoms with Gasteiger partial charge in [0.15, 0.2) is 17.5 Å². The Morgan fingerprint density at radius 3 is 1.82 bits per heavy atom. The highest BCUT2D eigenvalue weighted by atomic mass is 15.0. The molecule has 8 aromatic rings. The quantitative estimate of drug-likeness (QED) is 0.257. The minimum Gasteiger partial charge on any atom is -0.354 e. The summed E-state index contributed by atoms with van der Waals surface area (Å²) in [6.07, 6.45) is 2.13. The van der Waals surface area contributed by atoms with Crippen LogP contribution >= 0.6 is 0 Å². The predicted octanol–water partition coefficient (Wildman–Crippen LogP) is 8.45. The van der Waals surface area contributed by atoms with Crippen molar-refractivity contribution in [2.24, 2.45) is 0 Å². The molecule has 0 atom stereocenters. The zero-order chi connectivity index (χ0) is 26.5. The Balaban J connectivity index is 1.27. The lowest BCUT2D eigenvalue weighted by Crippen LogP contribution is -2.00. The molecule has 40 heavy (non-hydrogen) atoms. The minimum atomic E-state index is 0.643. The first kappa shape index (κ1) is 22.4. The van der Waals surface area contributed by atoms with Crippen LogP contribution in [0, 0.1) is 0 Å². The predicted molar refractivity (Wildman–Crippen MR) is 162 cm³/mol. The molecule has 5 aromatic carbocycles. The maximum absolute atomic E-state index is 4.91. The lowest BCUT2D eigenvalue weighted by molar-refractivity contribution is 1.07. The molecule has 0 unspecified atom stereocenters. The first-order valence-electron chi connectivity index (χ1n) is 13.3. The van der Waals surface area contributed by atoms with E-state index in [1.807, 2.05) is 60.7 Å². The Labute approximate surface area is 230 Å². The average molecular weight is 514 g/mol. The highest BCUT2D eigenvalue weighted by Crippen LogP contribution is 2.33. The van der Waals surface area contributed by atoms with E-state index < -0.39 is 0 Å². The highest BCUT2D eigenvalue weighted by Gasteiger charge is 2.14. The van der Waals surface area contributed by atoms with Crippen molar-refractivity contribution in [2.45, 2.75) is 0 Å². The molecule has 5 nitrogen and oxygen atoms in total. The number of aromatic amines is 1. The summed E-state index contributed by atoms with van der Waals surface area (Å²) in [6, 6.07) is 43.6. The summed E-state index contributed by atoms with van der Waals surface area (Å²) in [7, 11) is 0.